The molecule has 0 aromatic heterocycles. The van der Waals surface area contributed by atoms with Gasteiger partial charge in [0.15, 0.2) is 0 Å². The molecule has 0 spiro atoms. The summed E-state index contributed by atoms with van der Waals surface area (Å²) in [4.78, 5) is 37.2. The van der Waals surface area contributed by atoms with Gasteiger partial charge in [-0.15, -0.1) is 0 Å². The van der Waals surface area contributed by atoms with Crippen molar-refractivity contribution in [2.45, 2.75) is 12.5 Å². The number of imide groups is 1. The van der Waals surface area contributed by atoms with E-state index in [0.717, 1.165) is 0 Å². The molecule has 0 saturated carbocycles. The summed E-state index contributed by atoms with van der Waals surface area (Å²) in [6, 6.07) is -1.32. The summed E-state index contributed by atoms with van der Waals surface area (Å²) in [5.41, 5.74) is -0.432. The highest BCUT2D eigenvalue weighted by Crippen LogP contribution is 2.45. The molecule has 0 aliphatic carbocycles. The average molecular weight is 417 g/mol. The van der Waals surface area contributed by atoms with Gasteiger partial charge >= 0.3 is 5.97 Å². The molecule has 23 heavy (non-hydrogen) atoms. The summed E-state index contributed by atoms with van der Waals surface area (Å²) in [6.07, 6.45) is 1.88. The normalized spacial score (nSPS) is 15.1. The Balaban J connectivity index is 2.59. The Morgan fingerprint density at radius 3 is 1.83 bits per heavy atom. The Bertz CT molecular complexity index is 678. The van der Waals surface area contributed by atoms with E-state index in [2.05, 4.69) is 0 Å². The van der Waals surface area contributed by atoms with Crippen LogP contribution < -0.4 is 0 Å². The third-order valence-electron chi connectivity index (χ3n) is 3.32. The molecule has 124 valence electrons. The lowest BCUT2D eigenvalue weighted by Crippen LogP contribution is -2.45. The largest absolute Gasteiger partial charge is 0.480 e. The molecule has 2 amide bonds. The standard InChI is InChI=1S/C13H9Cl4NO4S/c1-23-3-2-4(13(21)22)18-11(19)5-6(12(18)20)8(15)10(17)9(16)7(5)14/h4H,2-3H2,1H3,(H,21,22). The zero-order chi connectivity index (χ0) is 17.5. The Hall–Kier alpha value is -0.660. The molecule has 1 heterocycles. The zero-order valence-electron chi connectivity index (χ0n) is 11.5. The van der Waals surface area contributed by atoms with Gasteiger partial charge in [-0.05, 0) is 18.4 Å². The molecule has 1 aromatic carbocycles. The third kappa shape index (κ3) is 3.03. The predicted molar refractivity (Wildman–Crippen MR) is 91.4 cm³/mol. The number of benzene rings is 1. The highest BCUT2D eigenvalue weighted by molar-refractivity contribution is 7.98. The molecule has 0 fully saturated rings. The van der Waals surface area contributed by atoms with Crippen LogP contribution >= 0.6 is 58.2 Å². The van der Waals surface area contributed by atoms with Gasteiger partial charge in [-0.2, -0.15) is 11.8 Å². The number of halogens is 4. The number of carboxylic acid groups (broad SMARTS) is 1. The SMILES string of the molecule is CSCCC(C(=O)O)N1C(=O)c2c(Cl)c(Cl)c(Cl)c(Cl)c2C1=O. The minimum Gasteiger partial charge on any atom is -0.480 e. The minimum atomic E-state index is -1.32. The van der Waals surface area contributed by atoms with Gasteiger partial charge in [0.05, 0.1) is 31.2 Å². The van der Waals surface area contributed by atoms with Crippen LogP contribution in [0.4, 0.5) is 0 Å². The molecule has 1 atom stereocenters. The predicted octanol–water partition coefficient (Wildman–Crippen LogP) is 4.10. The maximum absolute atomic E-state index is 12.5. The highest BCUT2D eigenvalue weighted by atomic mass is 35.5. The molecule has 1 unspecified atom stereocenters. The highest BCUT2D eigenvalue weighted by Gasteiger charge is 2.46. The van der Waals surface area contributed by atoms with Crippen LogP contribution in [0.5, 0.6) is 0 Å². The van der Waals surface area contributed by atoms with Crippen molar-refractivity contribution in [3.8, 4) is 0 Å². The van der Waals surface area contributed by atoms with Crippen LogP contribution in [0.2, 0.25) is 20.1 Å². The maximum Gasteiger partial charge on any atom is 0.326 e. The van der Waals surface area contributed by atoms with E-state index in [0.29, 0.717) is 10.7 Å². The van der Waals surface area contributed by atoms with Gasteiger partial charge in [0, 0.05) is 0 Å². The van der Waals surface area contributed by atoms with Crippen molar-refractivity contribution >= 4 is 75.9 Å². The molecule has 1 aliphatic rings. The minimum absolute atomic E-state index is 0.0959. The van der Waals surface area contributed by atoms with Crippen molar-refractivity contribution in [1.29, 1.82) is 0 Å². The number of carbonyl (C=O) groups is 3. The third-order valence-corrected chi connectivity index (χ3v) is 5.77. The first-order chi connectivity index (χ1) is 10.7. The molecule has 10 heteroatoms. The first-order valence-corrected chi connectivity index (χ1v) is 9.10. The zero-order valence-corrected chi connectivity index (χ0v) is 15.4. The topological polar surface area (TPSA) is 74.7 Å². The van der Waals surface area contributed by atoms with Crippen LogP contribution in [0.1, 0.15) is 27.1 Å². The second-order valence-corrected chi connectivity index (χ2v) is 7.12. The summed E-state index contributed by atoms with van der Waals surface area (Å²) >= 11 is 25.2. The fourth-order valence-corrected chi connectivity index (χ4v) is 3.72. The summed E-state index contributed by atoms with van der Waals surface area (Å²) in [7, 11) is 0. The molecule has 0 saturated heterocycles. The van der Waals surface area contributed by atoms with Crippen molar-refractivity contribution in [3.05, 3.63) is 31.2 Å². The molecule has 0 radical (unpaired) electrons. The van der Waals surface area contributed by atoms with E-state index in [-0.39, 0.29) is 37.6 Å². The van der Waals surface area contributed by atoms with Crippen LogP contribution in [0, 0.1) is 0 Å². The van der Waals surface area contributed by atoms with E-state index in [9.17, 15) is 19.5 Å². The van der Waals surface area contributed by atoms with Gasteiger partial charge < -0.3 is 5.11 Å². The average Bonchev–Trinajstić information content (AvgIpc) is 2.75. The molecule has 5 nitrogen and oxygen atoms in total. The Morgan fingerprint density at radius 2 is 1.48 bits per heavy atom. The first kappa shape index (κ1) is 18.7. The number of nitrogens with zero attached hydrogens (tertiary/aromatic N) is 1. The van der Waals surface area contributed by atoms with E-state index in [4.69, 9.17) is 46.4 Å². The molecule has 1 aromatic rings. The van der Waals surface area contributed by atoms with Crippen LogP contribution in [0.15, 0.2) is 0 Å². The second kappa shape index (κ2) is 7.07. The van der Waals surface area contributed by atoms with E-state index < -0.39 is 23.8 Å². The van der Waals surface area contributed by atoms with Crippen LogP contribution in [0.25, 0.3) is 0 Å². The summed E-state index contributed by atoms with van der Waals surface area (Å²) < 4.78 is 0. The summed E-state index contributed by atoms with van der Waals surface area (Å²) in [5, 5.41) is 8.60. The fraction of sp³-hybridized carbons (Fsp3) is 0.308. The molecular weight excluding hydrogens is 408 g/mol. The van der Waals surface area contributed by atoms with Gasteiger partial charge in [0.2, 0.25) is 0 Å². The number of fused-ring (bicyclic) bond motifs is 1. The molecule has 1 N–H and O–H groups in total. The number of rotatable bonds is 5. The fourth-order valence-electron chi connectivity index (χ4n) is 2.24. The van der Waals surface area contributed by atoms with Crippen molar-refractivity contribution in [1.82, 2.24) is 4.90 Å². The van der Waals surface area contributed by atoms with Gasteiger partial charge in [-0.3, -0.25) is 14.5 Å². The molecule has 1 aliphatic heterocycles. The van der Waals surface area contributed by atoms with Crippen LogP contribution in [-0.4, -0.2) is 45.8 Å². The lowest BCUT2D eigenvalue weighted by molar-refractivity contribution is -0.141. The summed E-state index contributed by atoms with van der Waals surface area (Å²) in [5.74, 6) is -2.53. The van der Waals surface area contributed by atoms with Crippen LogP contribution in [-0.2, 0) is 4.79 Å². The quantitative estimate of drug-likeness (QED) is 0.444. The number of thioether (sulfide) groups is 1. The Labute approximate surface area is 155 Å². The smallest absolute Gasteiger partial charge is 0.326 e. The molecule has 0 bridgehead atoms. The Kier molecular flexibility index (Phi) is 5.74. The second-order valence-electron chi connectivity index (χ2n) is 4.62. The Morgan fingerprint density at radius 1 is 1.04 bits per heavy atom. The van der Waals surface area contributed by atoms with E-state index in [1.54, 1.807) is 6.26 Å². The monoisotopic (exact) mass is 415 g/mol. The van der Waals surface area contributed by atoms with E-state index >= 15 is 0 Å². The van der Waals surface area contributed by atoms with E-state index in [1.807, 2.05) is 0 Å². The van der Waals surface area contributed by atoms with E-state index in [1.165, 1.54) is 11.8 Å². The number of carbonyl (C=O) groups excluding carboxylic acids is 2. The maximum atomic E-state index is 12.5. The number of hydrogen-bond donors (Lipinski definition) is 1. The summed E-state index contributed by atoms with van der Waals surface area (Å²) in [6.45, 7) is 0. The molecule has 2 rings (SSSR count). The number of hydrogen-bond acceptors (Lipinski definition) is 4. The lowest BCUT2D eigenvalue weighted by Gasteiger charge is -2.22. The number of aliphatic carboxylic acids is 1. The lowest BCUT2D eigenvalue weighted by atomic mass is 10.1. The van der Waals surface area contributed by atoms with Crippen molar-refractivity contribution < 1.29 is 19.5 Å². The van der Waals surface area contributed by atoms with Gasteiger partial charge in [0.25, 0.3) is 11.8 Å². The van der Waals surface area contributed by atoms with Crippen molar-refractivity contribution in [2.75, 3.05) is 12.0 Å². The van der Waals surface area contributed by atoms with Gasteiger partial charge in [0.1, 0.15) is 6.04 Å². The van der Waals surface area contributed by atoms with Crippen molar-refractivity contribution in [2.24, 2.45) is 0 Å². The first-order valence-electron chi connectivity index (χ1n) is 6.19. The number of amides is 2. The van der Waals surface area contributed by atoms with Crippen molar-refractivity contribution in [3.63, 3.8) is 0 Å². The van der Waals surface area contributed by atoms with Crippen LogP contribution in [0.3, 0.4) is 0 Å². The molecular formula is C13H9Cl4NO4S. The van der Waals surface area contributed by atoms with Gasteiger partial charge in [-0.1, -0.05) is 46.4 Å². The van der Waals surface area contributed by atoms with Gasteiger partial charge in [-0.25, -0.2) is 4.79 Å². The number of carboxylic acids is 1.